The van der Waals surface area contributed by atoms with Crippen LogP contribution in [0.2, 0.25) is 0 Å². The summed E-state index contributed by atoms with van der Waals surface area (Å²) in [5.74, 6) is -2.74. The van der Waals surface area contributed by atoms with Crippen molar-refractivity contribution in [2.75, 3.05) is 0 Å². The van der Waals surface area contributed by atoms with Crippen LogP contribution in [0.25, 0.3) is 0 Å². The average Bonchev–Trinajstić information content (AvgIpc) is 1.96. The van der Waals surface area contributed by atoms with Crippen molar-refractivity contribution in [3.63, 3.8) is 0 Å². The first-order valence-corrected chi connectivity index (χ1v) is 4.98. The molecular weight excluding hydrogens is 263 g/mol. The van der Waals surface area contributed by atoms with Crippen LogP contribution in [0.15, 0.2) is 0 Å². The number of esters is 2. The molecular formula is C8H6Cl2O6. The van der Waals surface area contributed by atoms with Crippen LogP contribution in [0.4, 0.5) is 9.59 Å². The second-order valence-electron chi connectivity index (χ2n) is 3.18. The minimum Gasteiger partial charge on any atom is -0.380 e. The fraction of sp³-hybridized carbons (Fsp3) is 0.500. The molecule has 0 aromatic carbocycles. The van der Waals surface area contributed by atoms with Crippen molar-refractivity contribution < 1.29 is 28.7 Å². The van der Waals surface area contributed by atoms with E-state index in [9.17, 15) is 19.2 Å². The zero-order chi connectivity index (χ0) is 12.3. The van der Waals surface area contributed by atoms with Gasteiger partial charge in [0.05, 0.1) is 11.8 Å². The first kappa shape index (κ1) is 12.9. The Kier molecular flexibility index (Phi) is 4.26. The summed E-state index contributed by atoms with van der Waals surface area (Å²) in [7, 11) is 0. The van der Waals surface area contributed by atoms with Crippen LogP contribution < -0.4 is 0 Å². The number of ether oxygens (including phenoxy) is 2. The van der Waals surface area contributed by atoms with E-state index in [1.54, 1.807) is 0 Å². The molecule has 6 nitrogen and oxygen atoms in total. The number of carbonyl (C=O) groups is 4. The van der Waals surface area contributed by atoms with Crippen molar-refractivity contribution in [3.05, 3.63) is 0 Å². The molecule has 0 amide bonds. The predicted molar refractivity (Wildman–Crippen MR) is 50.9 cm³/mol. The fourth-order valence-corrected chi connectivity index (χ4v) is 1.48. The number of carbonyl (C=O) groups excluding carboxylic acids is 4. The number of hydrogen-bond donors (Lipinski definition) is 0. The zero-order valence-corrected chi connectivity index (χ0v) is 9.29. The van der Waals surface area contributed by atoms with E-state index in [1.165, 1.54) is 0 Å². The Bertz CT molecular complexity index is 314. The molecule has 1 fully saturated rings. The van der Waals surface area contributed by atoms with E-state index in [1.807, 2.05) is 0 Å². The van der Waals surface area contributed by atoms with Gasteiger partial charge in [-0.1, -0.05) is 0 Å². The average molecular weight is 269 g/mol. The van der Waals surface area contributed by atoms with Gasteiger partial charge in [0, 0.05) is 23.2 Å². The van der Waals surface area contributed by atoms with Gasteiger partial charge in [0.1, 0.15) is 0 Å². The molecule has 0 atom stereocenters. The third kappa shape index (κ3) is 3.46. The van der Waals surface area contributed by atoms with Crippen molar-refractivity contribution in [3.8, 4) is 0 Å². The minimum atomic E-state index is -1.22. The van der Waals surface area contributed by atoms with Crippen molar-refractivity contribution in [2.24, 2.45) is 11.8 Å². The number of halogens is 2. The molecule has 0 aromatic rings. The van der Waals surface area contributed by atoms with Crippen molar-refractivity contribution in [1.82, 2.24) is 0 Å². The lowest BCUT2D eigenvalue weighted by atomic mass is 9.75. The Morgan fingerprint density at radius 2 is 1.12 bits per heavy atom. The molecule has 1 aliphatic rings. The Labute approximate surface area is 99.8 Å². The van der Waals surface area contributed by atoms with Crippen molar-refractivity contribution in [2.45, 2.75) is 12.8 Å². The zero-order valence-electron chi connectivity index (χ0n) is 7.77. The van der Waals surface area contributed by atoms with Crippen LogP contribution in [0.1, 0.15) is 12.8 Å². The number of rotatable bonds is 2. The fourth-order valence-electron chi connectivity index (χ4n) is 1.33. The van der Waals surface area contributed by atoms with Crippen LogP contribution in [-0.2, 0) is 19.1 Å². The predicted octanol–water partition coefficient (Wildman–Crippen LogP) is 1.82. The highest BCUT2D eigenvalue weighted by molar-refractivity contribution is 6.62. The van der Waals surface area contributed by atoms with Crippen LogP contribution in [-0.4, -0.2) is 22.8 Å². The third-order valence-electron chi connectivity index (χ3n) is 2.17. The molecule has 0 bridgehead atoms. The Balaban J connectivity index is 2.32. The second kappa shape index (κ2) is 5.27. The molecule has 88 valence electrons. The van der Waals surface area contributed by atoms with Crippen LogP contribution in [0.3, 0.4) is 0 Å². The van der Waals surface area contributed by atoms with Gasteiger partial charge in [-0.2, -0.15) is 0 Å². The van der Waals surface area contributed by atoms with Gasteiger partial charge in [-0.3, -0.25) is 9.59 Å². The highest BCUT2D eigenvalue weighted by Crippen LogP contribution is 2.35. The van der Waals surface area contributed by atoms with Crippen molar-refractivity contribution in [1.29, 1.82) is 0 Å². The highest BCUT2D eigenvalue weighted by atomic mass is 35.5. The Hall–Kier alpha value is -1.14. The maximum Gasteiger partial charge on any atom is 0.411 e. The van der Waals surface area contributed by atoms with E-state index in [-0.39, 0.29) is 12.8 Å². The van der Waals surface area contributed by atoms with Gasteiger partial charge in [-0.25, -0.2) is 9.59 Å². The molecule has 0 aromatic heterocycles. The lowest BCUT2D eigenvalue weighted by molar-refractivity contribution is -0.153. The lowest BCUT2D eigenvalue weighted by Gasteiger charge is -2.30. The topological polar surface area (TPSA) is 86.7 Å². The van der Waals surface area contributed by atoms with Crippen LogP contribution in [0.5, 0.6) is 0 Å². The molecule has 8 heteroatoms. The standard InChI is InChI=1S/C8H6Cl2O6/c9-7(13)15-5(11)3-1-4(2-3)6(12)16-8(10)14/h3-4H,1-2H2. The summed E-state index contributed by atoms with van der Waals surface area (Å²) in [6.45, 7) is 0. The summed E-state index contributed by atoms with van der Waals surface area (Å²) in [5, 5.41) is 0. The maximum absolute atomic E-state index is 11.1. The molecule has 0 radical (unpaired) electrons. The Morgan fingerprint density at radius 3 is 1.38 bits per heavy atom. The third-order valence-corrected chi connectivity index (χ3v) is 2.32. The van der Waals surface area contributed by atoms with E-state index in [4.69, 9.17) is 23.2 Å². The van der Waals surface area contributed by atoms with E-state index >= 15 is 0 Å². The summed E-state index contributed by atoms with van der Waals surface area (Å²) in [5.41, 5.74) is -2.43. The van der Waals surface area contributed by atoms with Gasteiger partial charge in [0.15, 0.2) is 0 Å². The van der Waals surface area contributed by atoms with Crippen molar-refractivity contribution >= 4 is 46.0 Å². The van der Waals surface area contributed by atoms with Gasteiger partial charge in [0.25, 0.3) is 0 Å². The first-order chi connectivity index (χ1) is 7.40. The normalized spacial score (nSPS) is 22.9. The Morgan fingerprint density at radius 1 is 0.812 bits per heavy atom. The first-order valence-electron chi connectivity index (χ1n) is 4.22. The molecule has 0 spiro atoms. The van der Waals surface area contributed by atoms with E-state index in [0.29, 0.717) is 0 Å². The van der Waals surface area contributed by atoms with E-state index in [2.05, 4.69) is 9.47 Å². The summed E-state index contributed by atoms with van der Waals surface area (Å²) in [4.78, 5) is 42.6. The van der Waals surface area contributed by atoms with Crippen LogP contribution in [0, 0.1) is 11.8 Å². The lowest BCUT2D eigenvalue weighted by Crippen LogP contribution is -2.37. The summed E-state index contributed by atoms with van der Waals surface area (Å²) < 4.78 is 8.21. The maximum atomic E-state index is 11.1. The summed E-state index contributed by atoms with van der Waals surface area (Å²) >= 11 is 9.66. The quantitative estimate of drug-likeness (QED) is 0.431. The van der Waals surface area contributed by atoms with Gasteiger partial charge < -0.3 is 9.47 Å². The highest BCUT2D eigenvalue weighted by Gasteiger charge is 2.41. The van der Waals surface area contributed by atoms with Gasteiger partial charge in [-0.15, -0.1) is 0 Å². The smallest absolute Gasteiger partial charge is 0.380 e. The SMILES string of the molecule is O=C(Cl)OC(=O)C1CC(C(=O)OC(=O)Cl)C1. The monoisotopic (exact) mass is 268 g/mol. The van der Waals surface area contributed by atoms with E-state index < -0.39 is 34.6 Å². The molecule has 0 saturated heterocycles. The molecule has 0 unspecified atom stereocenters. The molecule has 1 rings (SSSR count). The second-order valence-corrected chi connectivity index (χ2v) is 3.80. The minimum absolute atomic E-state index is 0.145. The summed E-state index contributed by atoms with van der Waals surface area (Å²) in [6, 6.07) is 0. The van der Waals surface area contributed by atoms with Gasteiger partial charge in [0.2, 0.25) is 0 Å². The molecule has 1 saturated carbocycles. The van der Waals surface area contributed by atoms with E-state index in [0.717, 1.165) is 0 Å². The molecule has 0 heterocycles. The van der Waals surface area contributed by atoms with Crippen LogP contribution >= 0.6 is 23.2 Å². The van der Waals surface area contributed by atoms with Gasteiger partial charge >= 0.3 is 22.8 Å². The summed E-state index contributed by atoms with van der Waals surface area (Å²) in [6.07, 6.45) is 0.290. The molecule has 0 aliphatic heterocycles. The van der Waals surface area contributed by atoms with Gasteiger partial charge in [-0.05, 0) is 12.8 Å². The largest absolute Gasteiger partial charge is 0.411 e. The molecule has 0 N–H and O–H groups in total. The number of hydrogen-bond acceptors (Lipinski definition) is 6. The molecule has 1 aliphatic carbocycles. The molecule has 16 heavy (non-hydrogen) atoms.